The van der Waals surface area contributed by atoms with Crippen molar-refractivity contribution in [3.05, 3.63) is 29.3 Å². The Bertz CT molecular complexity index is 479. The van der Waals surface area contributed by atoms with E-state index < -0.39 is 0 Å². The molecule has 102 valence electrons. The van der Waals surface area contributed by atoms with Gasteiger partial charge >= 0.3 is 0 Å². The van der Waals surface area contributed by atoms with Crippen molar-refractivity contribution in [3.8, 4) is 11.8 Å². The Labute approximate surface area is 115 Å². The normalized spacial score (nSPS) is 19.6. The number of ether oxygens (including phenoxy) is 1. The molecule has 1 aromatic rings. The third-order valence-electron chi connectivity index (χ3n) is 3.77. The second-order valence-corrected chi connectivity index (χ2v) is 5.29. The van der Waals surface area contributed by atoms with Crippen LogP contribution in [0.1, 0.15) is 17.5 Å². The predicted molar refractivity (Wildman–Crippen MR) is 75.1 cm³/mol. The Kier molecular flexibility index (Phi) is 4.41. The number of rotatable bonds is 4. The molecule has 0 spiro atoms. The maximum absolute atomic E-state index is 8.97. The quantitative estimate of drug-likeness (QED) is 0.825. The van der Waals surface area contributed by atoms with E-state index in [1.807, 2.05) is 18.2 Å². The zero-order chi connectivity index (χ0) is 13.8. The van der Waals surface area contributed by atoms with Gasteiger partial charge in [0, 0.05) is 25.7 Å². The van der Waals surface area contributed by atoms with E-state index in [1.54, 1.807) is 7.11 Å². The molecule has 2 rings (SSSR count). The van der Waals surface area contributed by atoms with E-state index in [1.165, 1.54) is 12.0 Å². The monoisotopic (exact) mass is 259 g/mol. The van der Waals surface area contributed by atoms with Crippen molar-refractivity contribution in [1.29, 1.82) is 5.26 Å². The highest BCUT2D eigenvalue weighted by atomic mass is 16.5. The molecular formula is C15H21N3O. The Morgan fingerprint density at radius 3 is 2.84 bits per heavy atom. The lowest BCUT2D eigenvalue weighted by Gasteiger charge is -2.20. The molecule has 0 aromatic heterocycles. The largest absolute Gasteiger partial charge is 0.495 e. The summed E-state index contributed by atoms with van der Waals surface area (Å²) in [5.74, 6) is 0.670. The summed E-state index contributed by atoms with van der Waals surface area (Å²) in [4.78, 5) is 4.74. The van der Waals surface area contributed by atoms with Crippen LogP contribution in [0.15, 0.2) is 18.2 Å². The van der Waals surface area contributed by atoms with Crippen LogP contribution in [-0.2, 0) is 6.54 Å². The SMILES string of the molecule is COc1cc(CN2CCC(N(C)C)C2)ccc1C#N. The molecule has 1 aromatic carbocycles. The van der Waals surface area contributed by atoms with E-state index in [4.69, 9.17) is 10.00 Å². The average molecular weight is 259 g/mol. The van der Waals surface area contributed by atoms with Gasteiger partial charge in [0.05, 0.1) is 12.7 Å². The van der Waals surface area contributed by atoms with Crippen molar-refractivity contribution < 1.29 is 4.74 Å². The van der Waals surface area contributed by atoms with Gasteiger partial charge < -0.3 is 9.64 Å². The molecule has 0 saturated carbocycles. The van der Waals surface area contributed by atoms with Crippen molar-refractivity contribution in [3.63, 3.8) is 0 Å². The second kappa shape index (κ2) is 6.05. The van der Waals surface area contributed by atoms with Crippen molar-refractivity contribution in [2.75, 3.05) is 34.3 Å². The summed E-state index contributed by atoms with van der Waals surface area (Å²) in [5.41, 5.74) is 1.80. The fourth-order valence-electron chi connectivity index (χ4n) is 2.56. The van der Waals surface area contributed by atoms with Crippen molar-refractivity contribution in [2.24, 2.45) is 0 Å². The van der Waals surface area contributed by atoms with Gasteiger partial charge in [-0.2, -0.15) is 5.26 Å². The topological polar surface area (TPSA) is 39.5 Å². The first kappa shape index (κ1) is 13.9. The molecule has 4 nitrogen and oxygen atoms in total. The average Bonchev–Trinajstić information content (AvgIpc) is 2.87. The predicted octanol–water partition coefficient (Wildman–Crippen LogP) is 1.70. The molecular weight excluding hydrogens is 238 g/mol. The summed E-state index contributed by atoms with van der Waals surface area (Å²) >= 11 is 0. The number of likely N-dealkylation sites (N-methyl/N-ethyl adjacent to an activating group) is 1. The number of benzene rings is 1. The summed E-state index contributed by atoms with van der Waals surface area (Å²) in [5, 5.41) is 8.97. The molecule has 1 fully saturated rings. The van der Waals surface area contributed by atoms with Crippen molar-refractivity contribution >= 4 is 0 Å². The third kappa shape index (κ3) is 3.25. The van der Waals surface area contributed by atoms with Gasteiger partial charge in [0.2, 0.25) is 0 Å². The van der Waals surface area contributed by atoms with Crippen LogP contribution >= 0.6 is 0 Å². The summed E-state index contributed by atoms with van der Waals surface area (Å²) in [6.07, 6.45) is 1.22. The van der Waals surface area contributed by atoms with E-state index in [0.717, 1.165) is 19.6 Å². The highest BCUT2D eigenvalue weighted by molar-refractivity contribution is 5.45. The zero-order valence-electron chi connectivity index (χ0n) is 11.9. The number of nitriles is 1. The molecule has 1 atom stereocenters. The molecule has 0 radical (unpaired) electrons. The van der Waals surface area contributed by atoms with Crippen LogP contribution in [0.25, 0.3) is 0 Å². The van der Waals surface area contributed by atoms with Gasteiger partial charge in [-0.3, -0.25) is 4.90 Å². The third-order valence-corrected chi connectivity index (χ3v) is 3.77. The maximum Gasteiger partial charge on any atom is 0.136 e. The lowest BCUT2D eigenvalue weighted by molar-refractivity contribution is 0.264. The summed E-state index contributed by atoms with van der Waals surface area (Å²) in [7, 11) is 5.88. The molecule has 19 heavy (non-hydrogen) atoms. The molecule has 0 bridgehead atoms. The van der Waals surface area contributed by atoms with Crippen molar-refractivity contribution in [2.45, 2.75) is 19.0 Å². The zero-order valence-corrected chi connectivity index (χ0v) is 11.9. The minimum Gasteiger partial charge on any atom is -0.495 e. The Morgan fingerprint density at radius 1 is 1.47 bits per heavy atom. The number of hydrogen-bond acceptors (Lipinski definition) is 4. The molecule has 0 aliphatic carbocycles. The van der Waals surface area contributed by atoms with E-state index >= 15 is 0 Å². The van der Waals surface area contributed by atoms with E-state index in [2.05, 4.69) is 30.0 Å². The van der Waals surface area contributed by atoms with E-state index in [9.17, 15) is 0 Å². The van der Waals surface area contributed by atoms with Gasteiger partial charge in [-0.25, -0.2) is 0 Å². The molecule has 1 unspecified atom stereocenters. The molecule has 0 N–H and O–H groups in total. The minimum atomic E-state index is 0.596. The van der Waals surface area contributed by atoms with Crippen LogP contribution in [0.4, 0.5) is 0 Å². The second-order valence-electron chi connectivity index (χ2n) is 5.29. The number of likely N-dealkylation sites (tertiary alicyclic amines) is 1. The molecule has 1 aliphatic heterocycles. The number of nitrogens with zero attached hydrogens (tertiary/aromatic N) is 3. The minimum absolute atomic E-state index is 0.596. The highest BCUT2D eigenvalue weighted by Crippen LogP contribution is 2.22. The van der Waals surface area contributed by atoms with Gasteiger partial charge in [0.15, 0.2) is 0 Å². The van der Waals surface area contributed by atoms with Gasteiger partial charge in [-0.1, -0.05) is 6.07 Å². The molecule has 0 amide bonds. The van der Waals surface area contributed by atoms with Crippen LogP contribution in [0.5, 0.6) is 5.75 Å². The smallest absolute Gasteiger partial charge is 0.136 e. The first-order valence-electron chi connectivity index (χ1n) is 6.60. The van der Waals surface area contributed by atoms with Crippen LogP contribution in [0.3, 0.4) is 0 Å². The lowest BCUT2D eigenvalue weighted by atomic mass is 10.1. The molecule has 1 heterocycles. The van der Waals surface area contributed by atoms with E-state index in [-0.39, 0.29) is 0 Å². The first-order chi connectivity index (χ1) is 9.13. The summed E-state index contributed by atoms with van der Waals surface area (Å²) in [6, 6.07) is 8.63. The van der Waals surface area contributed by atoms with Crippen LogP contribution < -0.4 is 4.74 Å². The molecule has 1 aliphatic rings. The van der Waals surface area contributed by atoms with Crippen LogP contribution in [-0.4, -0.2) is 50.1 Å². The van der Waals surface area contributed by atoms with Crippen LogP contribution in [0, 0.1) is 11.3 Å². The number of hydrogen-bond donors (Lipinski definition) is 0. The summed E-state index contributed by atoms with van der Waals surface area (Å²) in [6.45, 7) is 3.16. The lowest BCUT2D eigenvalue weighted by Crippen LogP contribution is -2.31. The van der Waals surface area contributed by atoms with Gasteiger partial charge in [-0.15, -0.1) is 0 Å². The number of methoxy groups -OCH3 is 1. The van der Waals surface area contributed by atoms with Gasteiger partial charge in [-0.05, 0) is 38.2 Å². The molecule has 1 saturated heterocycles. The van der Waals surface area contributed by atoms with Gasteiger partial charge in [0.1, 0.15) is 11.8 Å². The van der Waals surface area contributed by atoms with E-state index in [0.29, 0.717) is 17.4 Å². The van der Waals surface area contributed by atoms with Crippen molar-refractivity contribution in [1.82, 2.24) is 9.80 Å². The summed E-state index contributed by atoms with van der Waals surface area (Å²) < 4.78 is 5.25. The van der Waals surface area contributed by atoms with Gasteiger partial charge in [0.25, 0.3) is 0 Å². The highest BCUT2D eigenvalue weighted by Gasteiger charge is 2.23. The fourth-order valence-corrected chi connectivity index (χ4v) is 2.56. The fraction of sp³-hybridized carbons (Fsp3) is 0.533. The first-order valence-corrected chi connectivity index (χ1v) is 6.60. The standard InChI is InChI=1S/C15H21N3O/c1-17(2)14-6-7-18(11-14)10-12-4-5-13(9-16)15(8-12)19-3/h4-5,8,14H,6-7,10-11H2,1-3H3. The Balaban J connectivity index is 2.03. The van der Waals surface area contributed by atoms with Crippen LogP contribution in [0.2, 0.25) is 0 Å². The Hall–Kier alpha value is -1.57. The maximum atomic E-state index is 8.97. The molecule has 4 heteroatoms. The Morgan fingerprint density at radius 2 is 2.26 bits per heavy atom.